The molecule has 1 aromatic carbocycles. The molecule has 0 saturated heterocycles. The number of fused-ring (bicyclic) bond motifs is 1. The molecule has 3 heteroatoms. The summed E-state index contributed by atoms with van der Waals surface area (Å²) in [4.78, 5) is 3.31. The molecule has 0 bridgehead atoms. The first-order valence-electron chi connectivity index (χ1n) is 5.97. The van der Waals surface area contributed by atoms with E-state index in [0.717, 1.165) is 23.4 Å². The highest BCUT2D eigenvalue weighted by Gasteiger charge is 2.08. The molecule has 0 aliphatic rings. The topological polar surface area (TPSA) is 25.0 Å². The van der Waals surface area contributed by atoms with Crippen molar-refractivity contribution < 1.29 is 4.74 Å². The Hall–Kier alpha value is -1.09. The van der Waals surface area contributed by atoms with Crippen molar-refractivity contribution in [3.8, 4) is 5.75 Å². The number of aromatic amines is 1. The largest absolute Gasteiger partial charge is 0.496 e. The Morgan fingerprint density at radius 1 is 1.35 bits per heavy atom. The van der Waals surface area contributed by atoms with Crippen LogP contribution in [0.15, 0.2) is 24.4 Å². The summed E-state index contributed by atoms with van der Waals surface area (Å²) in [6.45, 7) is 4.47. The Kier molecular flexibility index (Phi) is 4.00. The third-order valence-electron chi connectivity index (χ3n) is 2.79. The lowest BCUT2D eigenvalue weighted by Gasteiger charge is -2.06. The van der Waals surface area contributed by atoms with E-state index in [4.69, 9.17) is 4.74 Å². The predicted octanol–water partition coefficient (Wildman–Crippen LogP) is 3.86. The van der Waals surface area contributed by atoms with Crippen LogP contribution < -0.4 is 4.74 Å². The van der Waals surface area contributed by atoms with E-state index < -0.39 is 0 Å². The second-order valence-electron chi connectivity index (χ2n) is 4.37. The lowest BCUT2D eigenvalue weighted by molar-refractivity contribution is 0.419. The molecule has 17 heavy (non-hydrogen) atoms. The fraction of sp³-hybridized carbons (Fsp3) is 0.429. The zero-order valence-corrected chi connectivity index (χ0v) is 11.4. The Morgan fingerprint density at radius 3 is 2.88 bits per heavy atom. The summed E-state index contributed by atoms with van der Waals surface area (Å²) in [5.41, 5.74) is 2.51. The van der Waals surface area contributed by atoms with Crippen molar-refractivity contribution in [3.63, 3.8) is 0 Å². The van der Waals surface area contributed by atoms with Crippen molar-refractivity contribution in [1.29, 1.82) is 0 Å². The zero-order valence-electron chi connectivity index (χ0n) is 10.6. The molecule has 0 unspecified atom stereocenters. The predicted molar refractivity (Wildman–Crippen MR) is 76.1 cm³/mol. The van der Waals surface area contributed by atoms with Gasteiger partial charge in [-0.15, -0.1) is 0 Å². The van der Waals surface area contributed by atoms with E-state index in [1.54, 1.807) is 7.11 Å². The van der Waals surface area contributed by atoms with Crippen LogP contribution >= 0.6 is 11.8 Å². The van der Waals surface area contributed by atoms with Gasteiger partial charge in [0.25, 0.3) is 0 Å². The van der Waals surface area contributed by atoms with Gasteiger partial charge in [-0.25, -0.2) is 0 Å². The van der Waals surface area contributed by atoms with Crippen molar-refractivity contribution in [1.82, 2.24) is 4.98 Å². The van der Waals surface area contributed by atoms with Crippen LogP contribution in [0, 0.1) is 0 Å². The van der Waals surface area contributed by atoms with E-state index in [1.165, 1.54) is 10.9 Å². The van der Waals surface area contributed by atoms with Gasteiger partial charge in [0.15, 0.2) is 0 Å². The molecule has 1 N–H and O–H groups in total. The minimum Gasteiger partial charge on any atom is -0.496 e. The minimum absolute atomic E-state index is 0.696. The number of H-pyrrole nitrogens is 1. The highest BCUT2D eigenvalue weighted by molar-refractivity contribution is 7.99. The first-order chi connectivity index (χ1) is 8.22. The Labute approximate surface area is 107 Å². The van der Waals surface area contributed by atoms with Crippen LogP contribution in [0.5, 0.6) is 5.75 Å². The van der Waals surface area contributed by atoms with E-state index in [-0.39, 0.29) is 0 Å². The van der Waals surface area contributed by atoms with Gasteiger partial charge in [-0.1, -0.05) is 19.9 Å². The monoisotopic (exact) mass is 249 g/mol. The molecule has 0 aliphatic carbocycles. The van der Waals surface area contributed by atoms with Crippen LogP contribution in [0.25, 0.3) is 10.9 Å². The standard InChI is InChI=1S/C14H19NOS/c1-10(2)17-8-7-11-9-15-12-5-4-6-13(16-3)14(11)12/h4-6,9-10,15H,7-8H2,1-3H3. The van der Waals surface area contributed by atoms with E-state index in [0.29, 0.717) is 5.25 Å². The molecule has 2 nitrogen and oxygen atoms in total. The second kappa shape index (κ2) is 5.50. The normalized spacial score (nSPS) is 11.3. The molecule has 0 saturated carbocycles. The summed E-state index contributed by atoms with van der Waals surface area (Å²) in [6, 6.07) is 6.14. The van der Waals surface area contributed by atoms with Crippen LogP contribution in [-0.4, -0.2) is 23.1 Å². The quantitative estimate of drug-likeness (QED) is 0.870. The van der Waals surface area contributed by atoms with Crippen molar-refractivity contribution >= 4 is 22.7 Å². The summed E-state index contributed by atoms with van der Waals surface area (Å²) in [7, 11) is 1.73. The van der Waals surface area contributed by atoms with Crippen LogP contribution in [0.1, 0.15) is 19.4 Å². The van der Waals surface area contributed by atoms with Gasteiger partial charge in [0.2, 0.25) is 0 Å². The van der Waals surface area contributed by atoms with E-state index in [9.17, 15) is 0 Å². The van der Waals surface area contributed by atoms with Gasteiger partial charge >= 0.3 is 0 Å². The number of ether oxygens (including phenoxy) is 1. The highest BCUT2D eigenvalue weighted by Crippen LogP contribution is 2.29. The van der Waals surface area contributed by atoms with Crippen LogP contribution in [0.2, 0.25) is 0 Å². The number of methoxy groups -OCH3 is 1. The number of aryl methyl sites for hydroxylation is 1. The molecule has 1 aromatic heterocycles. The first-order valence-corrected chi connectivity index (χ1v) is 7.02. The smallest absolute Gasteiger partial charge is 0.128 e. The maximum atomic E-state index is 5.43. The molecule has 2 rings (SSSR count). The fourth-order valence-corrected chi connectivity index (χ4v) is 2.80. The number of hydrogen-bond donors (Lipinski definition) is 1. The van der Waals surface area contributed by atoms with Crippen molar-refractivity contribution in [2.75, 3.05) is 12.9 Å². The van der Waals surface area contributed by atoms with Gasteiger partial charge in [-0.3, -0.25) is 0 Å². The van der Waals surface area contributed by atoms with Crippen molar-refractivity contribution in [2.45, 2.75) is 25.5 Å². The van der Waals surface area contributed by atoms with Gasteiger partial charge < -0.3 is 9.72 Å². The Bertz CT molecular complexity index is 490. The van der Waals surface area contributed by atoms with Crippen molar-refractivity contribution in [3.05, 3.63) is 30.0 Å². The highest BCUT2D eigenvalue weighted by atomic mass is 32.2. The summed E-state index contributed by atoms with van der Waals surface area (Å²) in [6.07, 6.45) is 3.19. The summed E-state index contributed by atoms with van der Waals surface area (Å²) >= 11 is 2.00. The van der Waals surface area contributed by atoms with E-state index in [2.05, 4.69) is 31.1 Å². The summed E-state index contributed by atoms with van der Waals surface area (Å²) in [5, 5.41) is 1.93. The molecule has 0 spiro atoms. The summed E-state index contributed by atoms with van der Waals surface area (Å²) < 4.78 is 5.43. The fourth-order valence-electron chi connectivity index (χ4n) is 1.99. The SMILES string of the molecule is COc1cccc2[nH]cc(CCSC(C)C)c12. The van der Waals surface area contributed by atoms with Crippen LogP contribution in [0.4, 0.5) is 0 Å². The minimum atomic E-state index is 0.696. The van der Waals surface area contributed by atoms with Crippen LogP contribution in [-0.2, 0) is 6.42 Å². The van der Waals surface area contributed by atoms with E-state index >= 15 is 0 Å². The molecule has 0 aliphatic heterocycles. The van der Waals surface area contributed by atoms with Gasteiger partial charge in [-0.2, -0.15) is 11.8 Å². The third kappa shape index (κ3) is 2.78. The van der Waals surface area contributed by atoms with Crippen LogP contribution in [0.3, 0.4) is 0 Å². The molecule has 0 amide bonds. The van der Waals surface area contributed by atoms with Gasteiger partial charge in [-0.05, 0) is 35.1 Å². The molecule has 1 heterocycles. The third-order valence-corrected chi connectivity index (χ3v) is 3.90. The number of hydrogen-bond acceptors (Lipinski definition) is 2. The summed E-state index contributed by atoms with van der Waals surface area (Å²) in [5.74, 6) is 2.12. The zero-order chi connectivity index (χ0) is 12.3. The Morgan fingerprint density at radius 2 is 2.18 bits per heavy atom. The maximum Gasteiger partial charge on any atom is 0.128 e. The van der Waals surface area contributed by atoms with Gasteiger partial charge in [0.1, 0.15) is 5.75 Å². The molecular formula is C14H19NOS. The second-order valence-corrected chi connectivity index (χ2v) is 6.05. The number of rotatable bonds is 5. The maximum absolute atomic E-state index is 5.43. The number of nitrogens with one attached hydrogen (secondary N) is 1. The lowest BCUT2D eigenvalue weighted by Crippen LogP contribution is -1.94. The molecule has 0 atom stereocenters. The molecule has 92 valence electrons. The molecule has 2 aromatic rings. The van der Waals surface area contributed by atoms with Gasteiger partial charge in [0.05, 0.1) is 7.11 Å². The number of thioether (sulfide) groups is 1. The molecule has 0 radical (unpaired) electrons. The average molecular weight is 249 g/mol. The lowest BCUT2D eigenvalue weighted by atomic mass is 10.1. The first kappa shape index (κ1) is 12.4. The van der Waals surface area contributed by atoms with Crippen molar-refractivity contribution in [2.24, 2.45) is 0 Å². The van der Waals surface area contributed by atoms with E-state index in [1.807, 2.05) is 23.9 Å². The number of aromatic nitrogens is 1. The average Bonchev–Trinajstić information content (AvgIpc) is 2.72. The Balaban J connectivity index is 2.22. The number of benzene rings is 1. The van der Waals surface area contributed by atoms with Gasteiger partial charge in [0, 0.05) is 17.1 Å². The molecule has 0 fully saturated rings. The molecular weight excluding hydrogens is 230 g/mol.